The van der Waals surface area contributed by atoms with E-state index in [0.717, 1.165) is 0 Å². The molecule has 37 heavy (non-hydrogen) atoms. The van der Waals surface area contributed by atoms with E-state index < -0.39 is 31.9 Å². The van der Waals surface area contributed by atoms with Crippen LogP contribution in [0.25, 0.3) is 0 Å². The maximum absolute atomic E-state index is 14.3. The molecule has 1 heterocycles. The van der Waals surface area contributed by atoms with Crippen LogP contribution in [-0.4, -0.2) is 42.0 Å². The number of anilines is 1. The van der Waals surface area contributed by atoms with Gasteiger partial charge in [0.2, 0.25) is 0 Å². The fourth-order valence-corrected chi connectivity index (χ4v) is 9.68. The van der Waals surface area contributed by atoms with Crippen molar-refractivity contribution in [3.63, 3.8) is 0 Å². The lowest BCUT2D eigenvalue weighted by molar-refractivity contribution is -0.192. The van der Waals surface area contributed by atoms with Gasteiger partial charge < -0.3 is 16.6 Å². The van der Waals surface area contributed by atoms with Gasteiger partial charge in [0, 0.05) is 10.2 Å². The van der Waals surface area contributed by atoms with Crippen LogP contribution in [0.3, 0.4) is 0 Å². The molecule has 0 fully saturated rings. The Bertz CT molecular complexity index is 1570. The Morgan fingerprint density at radius 2 is 1.68 bits per heavy atom. The fourth-order valence-electron chi connectivity index (χ4n) is 2.53. The first-order chi connectivity index (χ1) is 17.0. The first-order valence-corrected chi connectivity index (χ1v) is 15.3. The van der Waals surface area contributed by atoms with Gasteiger partial charge in [0.1, 0.15) is 15.6 Å². The Labute approximate surface area is 226 Å². The second kappa shape index (κ2) is 11.8. The Kier molecular flexibility index (Phi) is 9.81. The molecule has 3 aromatic rings. The Balaban J connectivity index is 0.000000604. The molecule has 1 unspecified atom stereocenters. The maximum Gasteiger partial charge on any atom is 0.490 e. The summed E-state index contributed by atoms with van der Waals surface area (Å²) >= 11 is 5.78. The van der Waals surface area contributed by atoms with Crippen molar-refractivity contribution in [3.8, 4) is 0 Å². The number of nitrogens with zero attached hydrogens (tertiary/aromatic N) is 1. The smallest absolute Gasteiger partial charge is 0.475 e. The van der Waals surface area contributed by atoms with Crippen molar-refractivity contribution < 1.29 is 35.7 Å². The molecule has 17 heteroatoms. The molecule has 0 aliphatic carbocycles. The molecule has 0 saturated heterocycles. The van der Waals surface area contributed by atoms with Crippen LogP contribution in [0, 0.1) is 5.41 Å². The number of carboxylic acids is 1. The Morgan fingerprint density at radius 3 is 2.16 bits per heavy atom. The summed E-state index contributed by atoms with van der Waals surface area (Å²) in [5.74, 6) is -2.95. The lowest BCUT2D eigenvalue weighted by Gasteiger charge is -2.12. The number of halogens is 4. The van der Waals surface area contributed by atoms with E-state index in [0.29, 0.717) is 13.6 Å². The third-order valence-corrected chi connectivity index (χ3v) is 11.5. The van der Waals surface area contributed by atoms with E-state index in [2.05, 4.69) is 19.7 Å². The van der Waals surface area contributed by atoms with E-state index in [1.54, 1.807) is 36.6 Å². The van der Waals surface area contributed by atoms with Gasteiger partial charge in [-0.05, 0) is 48.7 Å². The average molecular weight is 660 g/mol. The molecular weight excluding hydrogens is 641 g/mol. The molecular formula is C20H18BrF3N4O5S4. The van der Waals surface area contributed by atoms with E-state index in [1.165, 1.54) is 47.4 Å². The largest absolute Gasteiger partial charge is 0.490 e. The molecule has 0 saturated carbocycles. The zero-order chi connectivity index (χ0) is 28.2. The number of carbonyl (C=O) groups is 1. The van der Waals surface area contributed by atoms with E-state index in [9.17, 15) is 25.8 Å². The minimum Gasteiger partial charge on any atom is -0.475 e. The fraction of sp³-hybridized carbons (Fsp3) is 0.100. The molecule has 0 bridgehead atoms. The van der Waals surface area contributed by atoms with Crippen molar-refractivity contribution in [2.75, 3.05) is 12.0 Å². The van der Waals surface area contributed by atoms with Gasteiger partial charge in [-0.15, -0.1) is 23.1 Å². The number of hydrogen-bond acceptors (Lipinski definition) is 8. The van der Waals surface area contributed by atoms with Crippen LogP contribution in [0.2, 0.25) is 0 Å². The number of sulfonamides is 1. The third-order valence-electron chi connectivity index (χ3n) is 4.13. The van der Waals surface area contributed by atoms with Gasteiger partial charge >= 0.3 is 12.1 Å². The van der Waals surface area contributed by atoms with Crippen molar-refractivity contribution in [2.24, 2.45) is 9.50 Å². The van der Waals surface area contributed by atoms with Crippen LogP contribution in [0.5, 0.6) is 0 Å². The normalized spacial score (nSPS) is 13.1. The summed E-state index contributed by atoms with van der Waals surface area (Å²) in [5, 5.41) is 14.8. The lowest BCUT2D eigenvalue weighted by Crippen LogP contribution is -2.21. The van der Waals surface area contributed by atoms with Gasteiger partial charge in [0.05, 0.1) is 23.8 Å². The van der Waals surface area contributed by atoms with Crippen molar-refractivity contribution >= 4 is 76.3 Å². The second-order valence-corrected chi connectivity index (χ2v) is 13.8. The number of alkyl halides is 3. The number of nitrogens with two attached hydrogens (primary N) is 2. The highest BCUT2D eigenvalue weighted by Crippen LogP contribution is 2.39. The van der Waals surface area contributed by atoms with Gasteiger partial charge in [-0.3, -0.25) is 5.41 Å². The molecule has 3 rings (SSSR count). The minimum absolute atomic E-state index is 0.155. The van der Waals surface area contributed by atoms with Crippen LogP contribution in [0.4, 0.5) is 18.9 Å². The quantitative estimate of drug-likeness (QED) is 0.124. The van der Waals surface area contributed by atoms with E-state index in [-0.39, 0.29) is 26.2 Å². The summed E-state index contributed by atoms with van der Waals surface area (Å²) < 4.78 is 77.3. The third kappa shape index (κ3) is 7.70. The number of aliphatic carboxylic acids is 1. The number of nitrogens with one attached hydrogen (secondary N) is 1. The predicted octanol–water partition coefficient (Wildman–Crippen LogP) is 5.01. The van der Waals surface area contributed by atoms with E-state index in [1.807, 2.05) is 0 Å². The second-order valence-electron chi connectivity index (χ2n) is 6.79. The van der Waals surface area contributed by atoms with Gasteiger partial charge in [0.25, 0.3) is 10.0 Å². The van der Waals surface area contributed by atoms with Crippen molar-refractivity contribution in [2.45, 2.75) is 25.1 Å². The molecule has 200 valence electrons. The minimum atomic E-state index is -5.08. The molecule has 0 aliphatic heterocycles. The average Bonchev–Trinajstić information content (AvgIpc) is 3.24. The summed E-state index contributed by atoms with van der Waals surface area (Å²) in [7, 11) is -7.96. The SMILES string of the molecule is CSc1sc(C(=N)N)cc1S(=O)(=NS(=O)(=O)c1cccc(N)c1)c1cccc(Br)c1.O=C(O)C(F)(F)F. The molecule has 2 aromatic carbocycles. The van der Waals surface area contributed by atoms with E-state index >= 15 is 0 Å². The number of amidine groups is 1. The topological polar surface area (TPSA) is 177 Å². The van der Waals surface area contributed by atoms with E-state index in [4.69, 9.17) is 26.8 Å². The number of carboxylic acid groups (broad SMARTS) is 1. The maximum atomic E-state index is 14.3. The first-order valence-electron chi connectivity index (χ1n) is 9.48. The van der Waals surface area contributed by atoms with Crippen LogP contribution in [0.1, 0.15) is 4.88 Å². The van der Waals surface area contributed by atoms with Gasteiger partial charge in [-0.1, -0.05) is 31.8 Å². The Hall–Kier alpha value is -2.60. The molecule has 0 amide bonds. The zero-order valence-electron chi connectivity index (χ0n) is 18.5. The first kappa shape index (κ1) is 30.6. The van der Waals surface area contributed by atoms with Gasteiger partial charge in [-0.2, -0.15) is 21.6 Å². The summed E-state index contributed by atoms with van der Waals surface area (Å²) in [6.07, 6.45) is -3.31. The molecule has 0 spiro atoms. The van der Waals surface area contributed by atoms with Crippen molar-refractivity contribution in [3.05, 3.63) is 63.9 Å². The summed E-state index contributed by atoms with van der Waals surface area (Å²) in [5.41, 5.74) is 11.6. The van der Waals surface area contributed by atoms with Gasteiger partial charge in [0.15, 0.2) is 0 Å². The molecule has 0 radical (unpaired) electrons. The lowest BCUT2D eigenvalue weighted by atomic mass is 10.3. The standard InChI is InChI=1S/C18H17BrN4O3S4.C2HF3O2/c1-27-18-16(10-15(28-18)17(21)22)29(24,13-6-2-4-11(19)8-13)23-30(25,26)14-7-3-5-12(20)9-14;3-2(4,5)1(6)7/h2-10H,20H2,1H3,(H3,21,22);(H,6,7). The highest BCUT2D eigenvalue weighted by molar-refractivity contribution is 9.10. The Morgan fingerprint density at radius 1 is 1.11 bits per heavy atom. The summed E-state index contributed by atoms with van der Waals surface area (Å²) in [6.45, 7) is 0. The molecule has 9 nitrogen and oxygen atoms in total. The van der Waals surface area contributed by atoms with Crippen molar-refractivity contribution in [1.82, 2.24) is 0 Å². The number of nitrogen functional groups attached to an aromatic ring is 2. The van der Waals surface area contributed by atoms with Crippen LogP contribution < -0.4 is 11.5 Å². The monoisotopic (exact) mass is 658 g/mol. The number of thiophene rings is 1. The van der Waals surface area contributed by atoms with Crippen LogP contribution in [-0.2, 0) is 24.5 Å². The number of thioether (sulfide) groups is 1. The van der Waals surface area contributed by atoms with Crippen LogP contribution in [0.15, 0.2) is 81.7 Å². The van der Waals surface area contributed by atoms with Crippen LogP contribution >= 0.6 is 39.0 Å². The zero-order valence-corrected chi connectivity index (χ0v) is 23.4. The highest BCUT2D eigenvalue weighted by atomic mass is 79.9. The summed E-state index contributed by atoms with van der Waals surface area (Å²) in [4.78, 5) is 9.54. The number of benzene rings is 2. The molecule has 1 atom stereocenters. The number of rotatable bonds is 6. The van der Waals surface area contributed by atoms with Gasteiger partial charge in [-0.25, -0.2) is 9.00 Å². The highest BCUT2D eigenvalue weighted by Gasteiger charge is 2.38. The molecule has 6 N–H and O–H groups in total. The van der Waals surface area contributed by atoms with Crippen molar-refractivity contribution in [1.29, 1.82) is 5.41 Å². The molecule has 1 aromatic heterocycles. The number of hydrogen-bond donors (Lipinski definition) is 4. The summed E-state index contributed by atoms with van der Waals surface area (Å²) in [6, 6.07) is 13.6. The molecule has 0 aliphatic rings. The predicted molar refractivity (Wildman–Crippen MR) is 140 cm³/mol.